The molecule has 0 spiro atoms. The van der Waals surface area contributed by atoms with Gasteiger partial charge in [-0.15, -0.1) is 0 Å². The van der Waals surface area contributed by atoms with Crippen molar-refractivity contribution in [2.75, 3.05) is 6.61 Å². The van der Waals surface area contributed by atoms with Crippen LogP contribution < -0.4 is 21.5 Å². The van der Waals surface area contributed by atoms with Crippen LogP contribution in [0.5, 0.6) is 0 Å². The predicted octanol–water partition coefficient (Wildman–Crippen LogP) is 0.803. The molecule has 2 atom stereocenters. The van der Waals surface area contributed by atoms with Gasteiger partial charge in [0.2, 0.25) is 0 Å². The maximum atomic E-state index is 13.0. The Bertz CT molecular complexity index is 1050. The number of ether oxygens (including phenoxy) is 1. The van der Waals surface area contributed by atoms with Gasteiger partial charge in [-0.05, 0) is 16.5 Å². The highest BCUT2D eigenvalue weighted by atomic mass is 79.9. The average Bonchev–Trinajstić information content (AvgIpc) is 3.37. The third kappa shape index (κ3) is 5.52. The molecule has 3 aromatic rings. The van der Waals surface area contributed by atoms with Gasteiger partial charge in [0.1, 0.15) is 42.9 Å². The molecule has 4 rings (SSSR count). The van der Waals surface area contributed by atoms with Crippen molar-refractivity contribution >= 4 is 17.7 Å². The summed E-state index contributed by atoms with van der Waals surface area (Å²) in [7, 11) is 0. The van der Waals surface area contributed by atoms with Crippen LogP contribution in [0.25, 0.3) is 0 Å². The largest absolute Gasteiger partial charge is 1.00 e. The predicted molar refractivity (Wildman–Crippen MR) is 121 cm³/mol. The van der Waals surface area contributed by atoms with E-state index in [0.717, 1.165) is 17.9 Å². The Kier molecular flexibility index (Phi) is 8.34. The summed E-state index contributed by atoms with van der Waals surface area (Å²) in [6.07, 6.45) is 6.36. The number of esters is 1. The molecule has 0 radical (unpaired) electrons. The zero-order chi connectivity index (χ0) is 21.7. The topological polar surface area (TPSA) is 55.3 Å². The molecule has 0 bridgehead atoms. The smallest absolute Gasteiger partial charge is 0.317 e. The summed E-state index contributed by atoms with van der Waals surface area (Å²) in [5.41, 5.74) is 2.01. The zero-order valence-electron chi connectivity index (χ0n) is 17.9. The molecule has 2 unspecified atom stereocenters. The fourth-order valence-corrected chi connectivity index (χ4v) is 4.89. The molecule has 1 aliphatic heterocycles. The molecular weight excluding hydrogens is 488 g/mol. The normalized spacial score (nSPS) is 18.2. The van der Waals surface area contributed by atoms with Gasteiger partial charge in [-0.2, -0.15) is 0 Å². The quantitative estimate of drug-likeness (QED) is 0.357. The molecule has 7 heteroatoms. The molecular formula is C25H27BrN2O3S. The van der Waals surface area contributed by atoms with Gasteiger partial charge in [-0.1, -0.05) is 78.5 Å². The van der Waals surface area contributed by atoms with Crippen LogP contribution in [0.15, 0.2) is 84.5 Å². The molecule has 5 nitrogen and oxygen atoms in total. The van der Waals surface area contributed by atoms with Crippen LogP contribution in [0.2, 0.25) is 0 Å². The van der Waals surface area contributed by atoms with E-state index in [1.165, 1.54) is 17.3 Å². The summed E-state index contributed by atoms with van der Waals surface area (Å²) in [6, 6.07) is 19.7. The highest BCUT2D eigenvalue weighted by Gasteiger charge is 2.44. The Labute approximate surface area is 203 Å². The number of halogens is 1. The molecule has 1 N–H and O–H groups in total. The van der Waals surface area contributed by atoms with Gasteiger partial charge in [0.05, 0.1) is 0 Å². The fourth-order valence-electron chi connectivity index (χ4n) is 3.90. The summed E-state index contributed by atoms with van der Waals surface area (Å²) in [5.74, 6) is -0.0389. The van der Waals surface area contributed by atoms with Crippen LogP contribution in [0.3, 0.4) is 0 Å². The summed E-state index contributed by atoms with van der Waals surface area (Å²) >= 11 is 1.28. The number of thioether (sulfide) groups is 1. The summed E-state index contributed by atoms with van der Waals surface area (Å²) in [5, 5.41) is 12.9. The fraction of sp³-hybridized carbons (Fsp3) is 0.280. The lowest BCUT2D eigenvalue weighted by atomic mass is 9.91. The molecule has 0 amide bonds. The first kappa shape index (κ1) is 24.3. The monoisotopic (exact) mass is 514 g/mol. The minimum Gasteiger partial charge on any atom is -1.00 e. The van der Waals surface area contributed by atoms with Gasteiger partial charge in [0, 0.05) is 13.3 Å². The van der Waals surface area contributed by atoms with E-state index < -0.39 is 16.8 Å². The number of hydrogen-bond donors (Lipinski definition) is 1. The summed E-state index contributed by atoms with van der Waals surface area (Å²) < 4.78 is 9.90. The number of aromatic nitrogens is 2. The molecule has 0 saturated carbocycles. The Morgan fingerprint density at radius 1 is 1.19 bits per heavy atom. The number of nitrogens with zero attached hydrogens (tertiary/aromatic N) is 2. The number of carbonyl (C=O) groups is 1. The van der Waals surface area contributed by atoms with E-state index in [1.54, 1.807) is 0 Å². The maximum absolute atomic E-state index is 13.0. The van der Waals surface area contributed by atoms with Crippen molar-refractivity contribution < 1.29 is 36.2 Å². The first-order valence-corrected chi connectivity index (χ1v) is 11.3. The van der Waals surface area contributed by atoms with Crippen LogP contribution in [0.4, 0.5) is 0 Å². The van der Waals surface area contributed by atoms with Crippen molar-refractivity contribution in [3.8, 4) is 0 Å². The van der Waals surface area contributed by atoms with Crippen LogP contribution in [-0.2, 0) is 22.6 Å². The summed E-state index contributed by atoms with van der Waals surface area (Å²) in [6.45, 7) is 3.66. The Morgan fingerprint density at radius 3 is 2.53 bits per heavy atom. The SMILES string of the molecule is Cc1n(CCOC(=O)C(c2ccccc2)C2(O)CC=CS2)cc[n+]1Cc1ccccc1.[Br-]. The molecule has 32 heavy (non-hydrogen) atoms. The Hall–Kier alpha value is -2.35. The number of carbonyl (C=O) groups excluding carboxylic acids is 1. The van der Waals surface area contributed by atoms with Crippen LogP contribution in [0.1, 0.15) is 29.3 Å². The van der Waals surface area contributed by atoms with E-state index in [-0.39, 0.29) is 23.6 Å². The van der Waals surface area contributed by atoms with Crippen molar-refractivity contribution in [2.45, 2.75) is 37.3 Å². The Morgan fingerprint density at radius 2 is 1.88 bits per heavy atom. The van der Waals surface area contributed by atoms with E-state index >= 15 is 0 Å². The van der Waals surface area contributed by atoms with Gasteiger partial charge < -0.3 is 26.8 Å². The number of imidazole rings is 1. The highest BCUT2D eigenvalue weighted by Crippen LogP contribution is 2.45. The number of rotatable bonds is 8. The van der Waals surface area contributed by atoms with Gasteiger partial charge >= 0.3 is 5.97 Å². The van der Waals surface area contributed by atoms with E-state index in [9.17, 15) is 9.90 Å². The molecule has 0 saturated heterocycles. The third-order valence-corrected chi connectivity index (χ3v) is 6.77. The van der Waals surface area contributed by atoms with Gasteiger partial charge in [-0.3, -0.25) is 4.79 Å². The second kappa shape index (κ2) is 11.0. The highest BCUT2D eigenvalue weighted by molar-refractivity contribution is 8.03. The van der Waals surface area contributed by atoms with Crippen molar-refractivity contribution in [2.24, 2.45) is 0 Å². The van der Waals surface area contributed by atoms with Crippen LogP contribution in [0, 0.1) is 6.92 Å². The van der Waals surface area contributed by atoms with Gasteiger partial charge in [0.15, 0.2) is 0 Å². The molecule has 0 fully saturated rings. The first-order chi connectivity index (χ1) is 15.1. The molecule has 2 aromatic carbocycles. The van der Waals surface area contributed by atoms with Crippen LogP contribution >= 0.6 is 11.8 Å². The van der Waals surface area contributed by atoms with Crippen LogP contribution in [-0.4, -0.2) is 27.2 Å². The first-order valence-electron chi connectivity index (χ1n) is 10.4. The summed E-state index contributed by atoms with van der Waals surface area (Å²) in [4.78, 5) is 11.8. The lowest BCUT2D eigenvalue weighted by molar-refractivity contribution is -0.694. The second-order valence-electron chi connectivity index (χ2n) is 7.70. The number of benzene rings is 2. The van der Waals surface area contributed by atoms with Crippen molar-refractivity contribution in [3.63, 3.8) is 0 Å². The van der Waals surface area contributed by atoms with E-state index in [0.29, 0.717) is 13.0 Å². The van der Waals surface area contributed by atoms with E-state index in [1.807, 2.05) is 72.4 Å². The number of hydrogen-bond acceptors (Lipinski definition) is 4. The maximum Gasteiger partial charge on any atom is 0.317 e. The molecule has 1 aromatic heterocycles. The molecule has 1 aliphatic rings. The average molecular weight is 515 g/mol. The molecule has 0 aliphatic carbocycles. The van der Waals surface area contributed by atoms with Gasteiger partial charge in [0.25, 0.3) is 5.82 Å². The van der Waals surface area contributed by atoms with Crippen molar-refractivity contribution in [1.82, 2.24) is 4.57 Å². The Balaban J connectivity index is 0.00000289. The minimum absolute atomic E-state index is 0. The standard InChI is InChI=1S/C25H27N2O3S.BrH/c1-20-26(14-15-27(20)19-21-9-4-2-5-10-21)16-17-30-24(28)23(22-11-6-3-7-12-22)25(29)13-8-18-31-25;/h2-12,14-15,18,23,29H,13,16-17,19H2,1H3;1H/q+1;/p-1. The van der Waals surface area contributed by atoms with Gasteiger partial charge in [-0.25, -0.2) is 9.13 Å². The lowest BCUT2D eigenvalue weighted by Crippen LogP contribution is -3.00. The third-order valence-electron chi connectivity index (χ3n) is 5.63. The minimum atomic E-state index is -1.21. The second-order valence-corrected chi connectivity index (χ2v) is 8.92. The van der Waals surface area contributed by atoms with E-state index in [2.05, 4.69) is 28.2 Å². The zero-order valence-corrected chi connectivity index (χ0v) is 20.3. The van der Waals surface area contributed by atoms with Crippen molar-refractivity contribution in [3.05, 3.63) is 101 Å². The molecule has 2 heterocycles. The number of aliphatic hydroxyl groups is 1. The van der Waals surface area contributed by atoms with E-state index in [4.69, 9.17) is 4.74 Å². The van der Waals surface area contributed by atoms with Crippen molar-refractivity contribution in [1.29, 1.82) is 0 Å². The molecule has 168 valence electrons. The lowest BCUT2D eigenvalue weighted by Gasteiger charge is -2.30.